The van der Waals surface area contributed by atoms with Crippen molar-refractivity contribution in [3.8, 4) is 0 Å². The van der Waals surface area contributed by atoms with E-state index in [0.29, 0.717) is 0 Å². The quantitative estimate of drug-likeness (QED) is 0.767. The van der Waals surface area contributed by atoms with E-state index in [4.69, 9.17) is 4.74 Å². The fourth-order valence-electron chi connectivity index (χ4n) is 1.92. The van der Waals surface area contributed by atoms with E-state index < -0.39 is 12.3 Å². The van der Waals surface area contributed by atoms with E-state index in [1.54, 1.807) is 13.8 Å². The third-order valence-corrected chi connectivity index (χ3v) is 2.86. The standard InChI is InChI=1S/C12H21NO4/c1-3-16-12(15)17-9(2)11(14)13-10-7-5-4-6-8-10/h9-10H,3-8H2,1-2H3,(H,13,14). The summed E-state index contributed by atoms with van der Waals surface area (Å²) in [6.45, 7) is 3.49. The van der Waals surface area contributed by atoms with Crippen molar-refractivity contribution in [3.05, 3.63) is 0 Å². The van der Waals surface area contributed by atoms with Crippen LogP contribution in [0.2, 0.25) is 0 Å². The zero-order valence-electron chi connectivity index (χ0n) is 10.5. The minimum Gasteiger partial charge on any atom is -0.435 e. The SMILES string of the molecule is CCOC(=O)OC(C)C(=O)NC1CCCCC1. The van der Waals surface area contributed by atoms with Gasteiger partial charge in [0.2, 0.25) is 0 Å². The Morgan fingerprint density at radius 1 is 1.29 bits per heavy atom. The first-order valence-corrected chi connectivity index (χ1v) is 6.27. The summed E-state index contributed by atoms with van der Waals surface area (Å²) in [5.74, 6) is -0.245. The molecule has 98 valence electrons. The predicted octanol–water partition coefficient (Wildman–Crippen LogP) is 2.00. The van der Waals surface area contributed by atoms with Gasteiger partial charge in [-0.15, -0.1) is 0 Å². The van der Waals surface area contributed by atoms with Crippen LogP contribution in [0.15, 0.2) is 0 Å². The number of hydrogen-bond acceptors (Lipinski definition) is 4. The van der Waals surface area contributed by atoms with Crippen LogP contribution in [0.4, 0.5) is 4.79 Å². The summed E-state index contributed by atoms with van der Waals surface area (Å²) < 4.78 is 9.43. The number of carbonyl (C=O) groups is 2. The monoisotopic (exact) mass is 243 g/mol. The lowest BCUT2D eigenvalue weighted by Gasteiger charge is -2.24. The Morgan fingerprint density at radius 2 is 1.94 bits per heavy atom. The molecule has 1 unspecified atom stereocenters. The highest BCUT2D eigenvalue weighted by atomic mass is 16.7. The Labute approximate surface area is 102 Å². The summed E-state index contributed by atoms with van der Waals surface area (Å²) >= 11 is 0. The van der Waals surface area contributed by atoms with Crippen LogP contribution < -0.4 is 5.32 Å². The lowest BCUT2D eigenvalue weighted by Crippen LogP contribution is -2.42. The van der Waals surface area contributed by atoms with E-state index in [1.807, 2.05) is 0 Å². The average Bonchev–Trinajstić information content (AvgIpc) is 2.30. The number of rotatable bonds is 4. The van der Waals surface area contributed by atoms with E-state index in [1.165, 1.54) is 6.42 Å². The van der Waals surface area contributed by atoms with Crippen LogP contribution in [-0.4, -0.2) is 30.8 Å². The van der Waals surface area contributed by atoms with E-state index in [2.05, 4.69) is 10.1 Å². The van der Waals surface area contributed by atoms with Crippen molar-refractivity contribution < 1.29 is 19.1 Å². The molecule has 0 radical (unpaired) electrons. The van der Waals surface area contributed by atoms with E-state index >= 15 is 0 Å². The number of nitrogens with one attached hydrogen (secondary N) is 1. The molecule has 5 heteroatoms. The smallest absolute Gasteiger partial charge is 0.435 e. The summed E-state index contributed by atoms with van der Waals surface area (Å²) in [6, 6.07) is 0.226. The van der Waals surface area contributed by atoms with Crippen molar-refractivity contribution in [2.75, 3.05) is 6.61 Å². The third-order valence-electron chi connectivity index (χ3n) is 2.86. The molecule has 0 heterocycles. The van der Waals surface area contributed by atoms with Gasteiger partial charge in [-0.3, -0.25) is 4.79 Å². The molecule has 1 N–H and O–H groups in total. The number of ether oxygens (including phenoxy) is 2. The highest BCUT2D eigenvalue weighted by Crippen LogP contribution is 2.17. The second kappa shape index (κ2) is 7.14. The number of amides is 1. The molecule has 1 amide bonds. The highest BCUT2D eigenvalue weighted by molar-refractivity contribution is 5.82. The Kier molecular flexibility index (Phi) is 5.80. The molecule has 0 aromatic carbocycles. The molecule has 1 rings (SSSR count). The van der Waals surface area contributed by atoms with Crippen LogP contribution in [0, 0.1) is 0 Å². The average molecular weight is 243 g/mol. The number of carbonyl (C=O) groups excluding carboxylic acids is 2. The van der Waals surface area contributed by atoms with Gasteiger partial charge in [0.1, 0.15) is 0 Å². The van der Waals surface area contributed by atoms with Gasteiger partial charge in [0.15, 0.2) is 6.10 Å². The Morgan fingerprint density at radius 3 is 2.53 bits per heavy atom. The zero-order chi connectivity index (χ0) is 12.7. The lowest BCUT2D eigenvalue weighted by molar-refractivity contribution is -0.131. The molecular weight excluding hydrogens is 222 g/mol. The van der Waals surface area contributed by atoms with Gasteiger partial charge in [-0.25, -0.2) is 4.79 Å². The van der Waals surface area contributed by atoms with Crippen molar-refractivity contribution in [2.24, 2.45) is 0 Å². The molecule has 1 fully saturated rings. The normalized spacial score (nSPS) is 18.2. The molecular formula is C12H21NO4. The Bertz CT molecular complexity index is 261. The molecule has 0 saturated heterocycles. The molecule has 0 spiro atoms. The Balaban J connectivity index is 2.28. The molecule has 17 heavy (non-hydrogen) atoms. The Hall–Kier alpha value is -1.26. The topological polar surface area (TPSA) is 64.6 Å². The van der Waals surface area contributed by atoms with Crippen molar-refractivity contribution in [1.29, 1.82) is 0 Å². The lowest BCUT2D eigenvalue weighted by atomic mass is 9.95. The first-order chi connectivity index (χ1) is 8.13. The minimum atomic E-state index is -0.795. The first kappa shape index (κ1) is 13.8. The summed E-state index contributed by atoms with van der Waals surface area (Å²) in [4.78, 5) is 22.7. The fourth-order valence-corrected chi connectivity index (χ4v) is 1.92. The molecule has 1 aliphatic rings. The fraction of sp³-hybridized carbons (Fsp3) is 0.833. The highest BCUT2D eigenvalue weighted by Gasteiger charge is 2.22. The van der Waals surface area contributed by atoms with E-state index in [0.717, 1.165) is 25.7 Å². The summed E-state index contributed by atoms with van der Waals surface area (Å²) in [6.07, 6.45) is 3.97. The molecule has 0 aliphatic heterocycles. The molecule has 0 bridgehead atoms. The van der Waals surface area contributed by atoms with Gasteiger partial charge in [0.25, 0.3) is 5.91 Å². The third kappa shape index (κ3) is 5.06. The predicted molar refractivity (Wildman–Crippen MR) is 62.6 cm³/mol. The van der Waals surface area contributed by atoms with Crippen LogP contribution in [0.5, 0.6) is 0 Å². The van der Waals surface area contributed by atoms with Crippen LogP contribution in [-0.2, 0) is 14.3 Å². The van der Waals surface area contributed by atoms with Crippen LogP contribution in [0.25, 0.3) is 0 Å². The van der Waals surface area contributed by atoms with Gasteiger partial charge in [0, 0.05) is 6.04 Å². The molecule has 5 nitrogen and oxygen atoms in total. The maximum atomic E-state index is 11.7. The van der Waals surface area contributed by atoms with Crippen LogP contribution >= 0.6 is 0 Å². The van der Waals surface area contributed by atoms with Gasteiger partial charge in [0.05, 0.1) is 6.61 Å². The van der Waals surface area contributed by atoms with Crippen molar-refractivity contribution in [2.45, 2.75) is 58.1 Å². The second-order valence-electron chi connectivity index (χ2n) is 4.29. The van der Waals surface area contributed by atoms with Gasteiger partial charge in [-0.2, -0.15) is 0 Å². The second-order valence-corrected chi connectivity index (χ2v) is 4.29. The van der Waals surface area contributed by atoms with Gasteiger partial charge < -0.3 is 14.8 Å². The number of hydrogen-bond donors (Lipinski definition) is 1. The van der Waals surface area contributed by atoms with Crippen molar-refractivity contribution in [3.63, 3.8) is 0 Å². The largest absolute Gasteiger partial charge is 0.509 e. The maximum Gasteiger partial charge on any atom is 0.509 e. The first-order valence-electron chi connectivity index (χ1n) is 6.27. The summed E-state index contributed by atoms with van der Waals surface area (Å²) in [5.41, 5.74) is 0. The summed E-state index contributed by atoms with van der Waals surface area (Å²) in [7, 11) is 0. The van der Waals surface area contributed by atoms with Crippen LogP contribution in [0.3, 0.4) is 0 Å². The maximum absolute atomic E-state index is 11.7. The van der Waals surface area contributed by atoms with Crippen molar-refractivity contribution in [1.82, 2.24) is 5.32 Å². The van der Waals surface area contributed by atoms with E-state index in [-0.39, 0.29) is 18.6 Å². The zero-order valence-corrected chi connectivity index (χ0v) is 10.5. The molecule has 0 aromatic heterocycles. The van der Waals surface area contributed by atoms with Crippen molar-refractivity contribution >= 4 is 12.1 Å². The summed E-state index contributed by atoms with van der Waals surface area (Å²) in [5, 5.41) is 2.89. The minimum absolute atomic E-state index is 0.226. The van der Waals surface area contributed by atoms with Gasteiger partial charge >= 0.3 is 6.16 Å². The molecule has 1 saturated carbocycles. The van der Waals surface area contributed by atoms with Gasteiger partial charge in [-0.1, -0.05) is 19.3 Å². The van der Waals surface area contributed by atoms with E-state index in [9.17, 15) is 9.59 Å². The molecule has 0 aromatic rings. The van der Waals surface area contributed by atoms with Crippen LogP contribution in [0.1, 0.15) is 46.0 Å². The molecule has 1 aliphatic carbocycles. The molecule has 1 atom stereocenters. The van der Waals surface area contributed by atoms with Gasteiger partial charge in [-0.05, 0) is 26.7 Å².